The molecule has 3 N–H and O–H groups in total. The highest BCUT2D eigenvalue weighted by molar-refractivity contribution is 7.99. The Bertz CT molecular complexity index is 1220. The Morgan fingerprint density at radius 1 is 1.09 bits per heavy atom. The third kappa shape index (κ3) is 4.81. The van der Waals surface area contributed by atoms with Crippen LogP contribution in [0.15, 0.2) is 64.1 Å². The topological polar surface area (TPSA) is 89.9 Å². The quantitative estimate of drug-likeness (QED) is 0.365. The molecule has 164 valence electrons. The zero-order chi connectivity index (χ0) is 22.7. The normalized spacial score (nSPS) is 11.3. The van der Waals surface area contributed by atoms with Crippen molar-refractivity contribution in [2.45, 2.75) is 30.5 Å². The van der Waals surface area contributed by atoms with Gasteiger partial charge in [-0.2, -0.15) is 0 Å². The van der Waals surface area contributed by atoms with E-state index in [0.717, 1.165) is 11.1 Å². The summed E-state index contributed by atoms with van der Waals surface area (Å²) in [7, 11) is 1.81. The Kier molecular flexibility index (Phi) is 6.53. The van der Waals surface area contributed by atoms with Crippen molar-refractivity contribution in [3.63, 3.8) is 0 Å². The fraction of sp³-hybridized carbons (Fsp3) is 0.208. The molecule has 32 heavy (non-hydrogen) atoms. The van der Waals surface area contributed by atoms with Crippen LogP contribution < -0.4 is 11.1 Å². The lowest BCUT2D eigenvalue weighted by molar-refractivity contribution is 0.433. The van der Waals surface area contributed by atoms with Crippen molar-refractivity contribution in [2.75, 3.05) is 12.8 Å². The number of benzene rings is 2. The zero-order valence-electron chi connectivity index (χ0n) is 18.1. The van der Waals surface area contributed by atoms with E-state index in [-0.39, 0.29) is 11.6 Å². The van der Waals surface area contributed by atoms with Crippen LogP contribution in [0.2, 0.25) is 0 Å². The van der Waals surface area contributed by atoms with Crippen LogP contribution >= 0.6 is 11.8 Å². The first-order valence-electron chi connectivity index (χ1n) is 10.2. The molecule has 4 rings (SSSR count). The number of hydrogen-bond donors (Lipinski definition) is 2. The van der Waals surface area contributed by atoms with Crippen molar-refractivity contribution in [2.24, 2.45) is 0 Å². The van der Waals surface area contributed by atoms with E-state index in [4.69, 9.17) is 10.3 Å². The first-order chi connectivity index (χ1) is 15.4. The maximum absolute atomic E-state index is 14.6. The number of nitrogens with one attached hydrogen (secondary N) is 1. The highest BCUT2D eigenvalue weighted by Crippen LogP contribution is 2.31. The minimum Gasteiger partial charge on any atom is -0.382 e. The van der Waals surface area contributed by atoms with E-state index in [1.165, 1.54) is 11.0 Å². The fourth-order valence-electron chi connectivity index (χ4n) is 3.29. The SMILES string of the molecule is CNCc1ccc(-c2cc(-c3nc(-c4ccc(SC(C)C)cc4)cnc3N)on2)c(F)c1. The maximum atomic E-state index is 14.6. The van der Waals surface area contributed by atoms with Crippen LogP contribution in [-0.2, 0) is 6.54 Å². The third-order valence-electron chi connectivity index (χ3n) is 4.76. The molecule has 0 aliphatic heterocycles. The number of hydrogen-bond acceptors (Lipinski definition) is 7. The molecule has 0 fully saturated rings. The molecule has 2 aromatic heterocycles. The highest BCUT2D eigenvalue weighted by atomic mass is 32.2. The van der Waals surface area contributed by atoms with Gasteiger partial charge in [0.05, 0.1) is 11.9 Å². The summed E-state index contributed by atoms with van der Waals surface area (Å²) >= 11 is 1.80. The Hall–Kier alpha value is -3.23. The Balaban J connectivity index is 1.63. The molecule has 0 unspecified atom stereocenters. The second-order valence-corrected chi connectivity index (χ2v) is 9.25. The first-order valence-corrected chi connectivity index (χ1v) is 11.1. The molecular formula is C24H24FN5OS. The van der Waals surface area contributed by atoms with Crippen molar-refractivity contribution < 1.29 is 8.91 Å². The Morgan fingerprint density at radius 2 is 1.88 bits per heavy atom. The molecule has 2 heterocycles. The molecule has 0 aliphatic rings. The fourth-order valence-corrected chi connectivity index (χ4v) is 4.13. The van der Waals surface area contributed by atoms with Gasteiger partial charge < -0.3 is 15.6 Å². The minimum atomic E-state index is -0.371. The number of nitrogens with two attached hydrogens (primary N) is 1. The van der Waals surface area contributed by atoms with Gasteiger partial charge in [-0.1, -0.05) is 37.2 Å². The average molecular weight is 450 g/mol. The second kappa shape index (κ2) is 9.50. The summed E-state index contributed by atoms with van der Waals surface area (Å²) in [5, 5.41) is 7.53. The second-order valence-electron chi connectivity index (χ2n) is 7.60. The molecule has 0 bridgehead atoms. The molecule has 0 aliphatic carbocycles. The summed E-state index contributed by atoms with van der Waals surface area (Å²) in [6.45, 7) is 4.90. The average Bonchev–Trinajstić information content (AvgIpc) is 3.24. The standard InChI is InChI=1S/C24H24FN5OS/c1-14(2)32-17-7-5-16(6-8-17)21-13-28-24(26)23(29-21)22-11-20(30-31-22)18-9-4-15(12-27-3)10-19(18)25/h4-11,13-14,27H,12H2,1-3H3,(H2,26,28). The van der Waals surface area contributed by atoms with Crippen LogP contribution in [0, 0.1) is 5.82 Å². The molecule has 0 saturated heterocycles. The maximum Gasteiger partial charge on any atom is 0.189 e. The van der Waals surface area contributed by atoms with Gasteiger partial charge in [0.15, 0.2) is 17.3 Å². The van der Waals surface area contributed by atoms with Gasteiger partial charge in [0, 0.05) is 33.9 Å². The van der Waals surface area contributed by atoms with Gasteiger partial charge >= 0.3 is 0 Å². The van der Waals surface area contributed by atoms with Crippen molar-refractivity contribution in [1.82, 2.24) is 20.4 Å². The first kappa shape index (κ1) is 22.0. The van der Waals surface area contributed by atoms with E-state index < -0.39 is 0 Å². The summed E-state index contributed by atoms with van der Waals surface area (Å²) in [4.78, 5) is 10.1. The van der Waals surface area contributed by atoms with Crippen molar-refractivity contribution in [1.29, 1.82) is 0 Å². The molecule has 4 aromatic rings. The number of anilines is 1. The summed E-state index contributed by atoms with van der Waals surface area (Å²) in [5.41, 5.74) is 9.57. The van der Waals surface area contributed by atoms with Crippen LogP contribution in [-0.4, -0.2) is 27.4 Å². The smallest absolute Gasteiger partial charge is 0.189 e. The summed E-state index contributed by atoms with van der Waals surface area (Å²) in [6, 6.07) is 14.8. The minimum absolute atomic E-state index is 0.216. The summed E-state index contributed by atoms with van der Waals surface area (Å²) < 4.78 is 20.0. The predicted octanol–water partition coefficient (Wildman–Crippen LogP) is 5.41. The van der Waals surface area contributed by atoms with Gasteiger partial charge in [0.25, 0.3) is 0 Å². The predicted molar refractivity (Wildman–Crippen MR) is 127 cm³/mol. The molecular weight excluding hydrogens is 425 g/mol. The lowest BCUT2D eigenvalue weighted by Gasteiger charge is -2.07. The number of rotatable bonds is 7. The van der Waals surface area contributed by atoms with Gasteiger partial charge in [-0.15, -0.1) is 11.8 Å². The number of aromatic nitrogens is 3. The largest absolute Gasteiger partial charge is 0.382 e. The van der Waals surface area contributed by atoms with E-state index in [1.54, 1.807) is 30.1 Å². The van der Waals surface area contributed by atoms with Crippen LogP contribution in [0.5, 0.6) is 0 Å². The number of nitrogens with zero attached hydrogens (tertiary/aromatic N) is 3. The van der Waals surface area contributed by atoms with Crippen LogP contribution in [0.4, 0.5) is 10.2 Å². The third-order valence-corrected chi connectivity index (χ3v) is 5.77. The van der Waals surface area contributed by atoms with Crippen molar-refractivity contribution in [3.05, 3.63) is 66.1 Å². The van der Waals surface area contributed by atoms with Crippen LogP contribution in [0.3, 0.4) is 0 Å². The molecule has 0 spiro atoms. The van der Waals surface area contributed by atoms with Gasteiger partial charge in [-0.05, 0) is 36.9 Å². The molecule has 0 saturated carbocycles. The van der Waals surface area contributed by atoms with E-state index in [1.807, 2.05) is 25.2 Å². The van der Waals surface area contributed by atoms with Gasteiger partial charge in [-0.3, -0.25) is 0 Å². The van der Waals surface area contributed by atoms with Gasteiger partial charge in [0.2, 0.25) is 0 Å². The monoisotopic (exact) mass is 449 g/mol. The van der Waals surface area contributed by atoms with E-state index >= 15 is 0 Å². The highest BCUT2D eigenvalue weighted by Gasteiger charge is 2.17. The number of nitrogen functional groups attached to an aromatic ring is 1. The number of thioether (sulfide) groups is 1. The number of halogens is 1. The van der Waals surface area contributed by atoms with Gasteiger partial charge in [-0.25, -0.2) is 14.4 Å². The van der Waals surface area contributed by atoms with Crippen molar-refractivity contribution in [3.8, 4) is 34.0 Å². The molecule has 6 nitrogen and oxygen atoms in total. The lowest BCUT2D eigenvalue weighted by atomic mass is 10.1. The Labute approximate surface area is 190 Å². The van der Waals surface area contributed by atoms with Gasteiger partial charge in [0.1, 0.15) is 11.5 Å². The van der Waals surface area contributed by atoms with Crippen molar-refractivity contribution >= 4 is 17.6 Å². The summed E-state index contributed by atoms with van der Waals surface area (Å²) in [5.74, 6) is 0.176. The zero-order valence-corrected chi connectivity index (χ0v) is 18.9. The van der Waals surface area contributed by atoms with E-state index in [2.05, 4.69) is 46.4 Å². The molecule has 2 aromatic carbocycles. The van der Waals surface area contributed by atoms with Crippen LogP contribution in [0.1, 0.15) is 19.4 Å². The van der Waals surface area contributed by atoms with Crippen LogP contribution in [0.25, 0.3) is 34.0 Å². The molecule has 0 atom stereocenters. The lowest BCUT2D eigenvalue weighted by Crippen LogP contribution is -2.05. The Morgan fingerprint density at radius 3 is 2.56 bits per heavy atom. The molecule has 0 amide bonds. The molecule has 0 radical (unpaired) electrons. The van der Waals surface area contributed by atoms with E-state index in [0.29, 0.717) is 40.2 Å². The molecule has 8 heteroatoms. The van der Waals surface area contributed by atoms with E-state index in [9.17, 15) is 4.39 Å². The summed E-state index contributed by atoms with van der Waals surface area (Å²) in [6.07, 6.45) is 1.63.